The molecule has 0 saturated carbocycles. The number of hydrogen-bond donors (Lipinski definition) is 1. The first-order chi connectivity index (χ1) is 10.4. The Morgan fingerprint density at radius 3 is 2.17 bits per heavy atom. The van der Waals surface area contributed by atoms with Crippen LogP contribution in [0.1, 0.15) is 54.9 Å². The Kier molecular flexibility index (Phi) is 8.53. The number of amides is 1. The molecule has 0 aliphatic rings. The fourth-order valence-electron chi connectivity index (χ4n) is 2.18. The first kappa shape index (κ1) is 21.6. The smallest absolute Gasteiger partial charge is 0.333 e. The van der Waals surface area contributed by atoms with Gasteiger partial charge in [0.1, 0.15) is 0 Å². The molecule has 0 aromatic rings. The van der Waals surface area contributed by atoms with Crippen LogP contribution in [-0.4, -0.2) is 42.5 Å². The molecule has 5 heteroatoms. The van der Waals surface area contributed by atoms with E-state index in [1.807, 2.05) is 26.8 Å². The molecule has 1 amide bonds. The van der Waals surface area contributed by atoms with Gasteiger partial charge in [0, 0.05) is 12.6 Å². The van der Waals surface area contributed by atoms with Crippen molar-refractivity contribution >= 4 is 11.9 Å². The van der Waals surface area contributed by atoms with E-state index >= 15 is 0 Å². The second kappa shape index (κ2) is 9.06. The number of carbonyl (C=O) groups is 2. The first-order valence-corrected chi connectivity index (χ1v) is 8.29. The maximum absolute atomic E-state index is 12.6. The van der Waals surface area contributed by atoms with Gasteiger partial charge in [-0.2, -0.15) is 0 Å². The molecule has 0 spiro atoms. The van der Waals surface area contributed by atoms with Crippen LogP contribution >= 0.6 is 0 Å². The van der Waals surface area contributed by atoms with E-state index in [2.05, 4.69) is 13.8 Å². The second-order valence-corrected chi connectivity index (χ2v) is 7.56. The number of carbonyl (C=O) groups excluding carboxylic acids is 2. The summed E-state index contributed by atoms with van der Waals surface area (Å²) in [5.41, 5.74) is 6.30. The van der Waals surface area contributed by atoms with Gasteiger partial charge in [-0.1, -0.05) is 40.7 Å². The third-order valence-electron chi connectivity index (χ3n) is 3.80. The highest BCUT2D eigenvalue weighted by Gasteiger charge is 2.32. The summed E-state index contributed by atoms with van der Waals surface area (Å²) in [6.07, 6.45) is 2.57. The van der Waals surface area contributed by atoms with Gasteiger partial charge in [0.25, 0.3) is 0 Å². The number of rotatable bonds is 7. The minimum atomic E-state index is -0.585. The molecule has 0 aliphatic heterocycles. The first-order valence-electron chi connectivity index (χ1n) is 8.29. The van der Waals surface area contributed by atoms with E-state index in [4.69, 9.17) is 10.5 Å². The van der Waals surface area contributed by atoms with Crippen LogP contribution in [0.15, 0.2) is 11.6 Å². The van der Waals surface area contributed by atoms with Crippen molar-refractivity contribution in [3.8, 4) is 0 Å². The van der Waals surface area contributed by atoms with Crippen molar-refractivity contribution in [3.05, 3.63) is 11.6 Å². The van der Waals surface area contributed by atoms with Crippen LogP contribution < -0.4 is 5.73 Å². The van der Waals surface area contributed by atoms with Crippen LogP contribution in [0.25, 0.3) is 0 Å². The molecule has 0 aromatic carbocycles. The minimum absolute atomic E-state index is 0.115. The summed E-state index contributed by atoms with van der Waals surface area (Å²) >= 11 is 0. The van der Waals surface area contributed by atoms with Gasteiger partial charge in [-0.3, -0.25) is 4.79 Å². The zero-order valence-corrected chi connectivity index (χ0v) is 16.0. The van der Waals surface area contributed by atoms with Crippen molar-refractivity contribution in [2.24, 2.45) is 17.1 Å². The lowest BCUT2D eigenvalue weighted by molar-refractivity contribution is -0.139. The van der Waals surface area contributed by atoms with E-state index in [9.17, 15) is 9.59 Å². The third kappa shape index (κ3) is 7.16. The number of nitrogens with two attached hydrogens (primary N) is 1. The Morgan fingerprint density at radius 1 is 1.26 bits per heavy atom. The molecule has 0 aromatic heterocycles. The molecule has 2 atom stereocenters. The van der Waals surface area contributed by atoms with E-state index in [1.54, 1.807) is 25.8 Å². The Balaban J connectivity index is 5.35. The standard InChI is InChI=1S/C18H34N2O3/c1-9-23-17(22)13(4)11-14(10-12(2)3)20(8)16(21)15(19)18(5,6)7/h11-12,14-15H,9-10,19H2,1-8H3. The van der Waals surface area contributed by atoms with Crippen LogP contribution in [0.4, 0.5) is 0 Å². The summed E-state index contributed by atoms with van der Waals surface area (Å²) in [5.74, 6) is -0.0781. The van der Waals surface area contributed by atoms with Crippen LogP contribution in [-0.2, 0) is 14.3 Å². The van der Waals surface area contributed by atoms with Gasteiger partial charge in [0.15, 0.2) is 0 Å². The number of hydrogen-bond acceptors (Lipinski definition) is 4. The molecular formula is C18H34N2O3. The van der Waals surface area contributed by atoms with Crippen LogP contribution in [0.2, 0.25) is 0 Å². The molecule has 2 N–H and O–H groups in total. The number of nitrogens with zero attached hydrogens (tertiary/aromatic N) is 1. The van der Waals surface area contributed by atoms with E-state index in [-0.39, 0.29) is 23.3 Å². The number of ether oxygens (including phenoxy) is 1. The molecule has 0 rings (SSSR count). The molecule has 23 heavy (non-hydrogen) atoms. The molecule has 0 heterocycles. The van der Waals surface area contributed by atoms with E-state index in [0.717, 1.165) is 6.42 Å². The number of likely N-dealkylation sites (N-methyl/N-ethyl adjacent to an activating group) is 1. The predicted octanol–water partition coefficient (Wildman–Crippen LogP) is 2.74. The summed E-state index contributed by atoms with van der Waals surface area (Å²) in [6, 6.07) is -0.765. The van der Waals surface area contributed by atoms with E-state index in [1.165, 1.54) is 0 Å². The molecule has 0 aliphatic carbocycles. The van der Waals surface area contributed by atoms with Crippen LogP contribution in [0.5, 0.6) is 0 Å². The molecule has 0 bridgehead atoms. The highest BCUT2D eigenvalue weighted by Crippen LogP contribution is 2.21. The summed E-state index contributed by atoms with van der Waals surface area (Å²) in [6.45, 7) is 13.8. The van der Waals surface area contributed by atoms with Gasteiger partial charge in [-0.25, -0.2) is 4.79 Å². The van der Waals surface area contributed by atoms with Gasteiger partial charge in [0.05, 0.1) is 18.7 Å². The quantitative estimate of drug-likeness (QED) is 0.577. The maximum atomic E-state index is 12.6. The molecule has 0 fully saturated rings. The largest absolute Gasteiger partial charge is 0.463 e. The Morgan fingerprint density at radius 2 is 1.78 bits per heavy atom. The zero-order chi connectivity index (χ0) is 18.4. The predicted molar refractivity (Wildman–Crippen MR) is 93.8 cm³/mol. The van der Waals surface area contributed by atoms with Crippen molar-refractivity contribution in [2.45, 2.75) is 67.0 Å². The molecular weight excluding hydrogens is 292 g/mol. The lowest BCUT2D eigenvalue weighted by Crippen LogP contribution is -2.52. The zero-order valence-electron chi connectivity index (χ0n) is 16.0. The third-order valence-corrected chi connectivity index (χ3v) is 3.80. The van der Waals surface area contributed by atoms with Crippen molar-refractivity contribution < 1.29 is 14.3 Å². The number of esters is 1. The van der Waals surface area contributed by atoms with Crippen molar-refractivity contribution in [3.63, 3.8) is 0 Å². The van der Waals surface area contributed by atoms with E-state index in [0.29, 0.717) is 18.1 Å². The fourth-order valence-corrected chi connectivity index (χ4v) is 2.18. The SMILES string of the molecule is CCOC(=O)C(C)=CC(CC(C)C)N(C)C(=O)C(N)C(C)(C)C. The normalized spacial score (nSPS) is 15.3. The van der Waals surface area contributed by atoms with Gasteiger partial charge in [-0.05, 0) is 31.6 Å². The highest BCUT2D eigenvalue weighted by atomic mass is 16.5. The average Bonchev–Trinajstić information content (AvgIpc) is 2.42. The Labute approximate surface area is 141 Å². The molecule has 5 nitrogen and oxygen atoms in total. The van der Waals surface area contributed by atoms with Gasteiger partial charge >= 0.3 is 5.97 Å². The molecule has 2 unspecified atom stereocenters. The van der Waals surface area contributed by atoms with Gasteiger partial charge in [0.2, 0.25) is 5.91 Å². The lowest BCUT2D eigenvalue weighted by Gasteiger charge is -2.34. The van der Waals surface area contributed by atoms with Crippen molar-refractivity contribution in [1.29, 1.82) is 0 Å². The molecule has 0 radical (unpaired) electrons. The Hall–Kier alpha value is -1.36. The lowest BCUT2D eigenvalue weighted by atomic mass is 9.86. The fraction of sp³-hybridized carbons (Fsp3) is 0.778. The van der Waals surface area contributed by atoms with E-state index < -0.39 is 6.04 Å². The summed E-state index contributed by atoms with van der Waals surface area (Å²) < 4.78 is 5.02. The van der Waals surface area contributed by atoms with Crippen molar-refractivity contribution in [2.75, 3.05) is 13.7 Å². The molecule has 0 saturated heterocycles. The maximum Gasteiger partial charge on any atom is 0.333 e. The second-order valence-electron chi connectivity index (χ2n) is 7.56. The molecule has 134 valence electrons. The monoisotopic (exact) mass is 326 g/mol. The summed E-state index contributed by atoms with van der Waals surface area (Å²) in [5, 5.41) is 0. The van der Waals surface area contributed by atoms with Gasteiger partial charge in [-0.15, -0.1) is 0 Å². The summed E-state index contributed by atoms with van der Waals surface area (Å²) in [7, 11) is 1.75. The van der Waals surface area contributed by atoms with Crippen LogP contribution in [0.3, 0.4) is 0 Å². The topological polar surface area (TPSA) is 72.6 Å². The Bertz CT molecular complexity index is 436. The minimum Gasteiger partial charge on any atom is -0.463 e. The average molecular weight is 326 g/mol. The van der Waals surface area contributed by atoms with Crippen LogP contribution in [0, 0.1) is 11.3 Å². The highest BCUT2D eigenvalue weighted by molar-refractivity contribution is 5.88. The summed E-state index contributed by atoms with van der Waals surface area (Å²) in [4.78, 5) is 26.1. The van der Waals surface area contributed by atoms with Crippen molar-refractivity contribution in [1.82, 2.24) is 4.90 Å². The van der Waals surface area contributed by atoms with Gasteiger partial charge < -0.3 is 15.4 Å².